The van der Waals surface area contributed by atoms with Gasteiger partial charge in [-0.1, -0.05) is 36.4 Å². The molecule has 2 atom stereocenters. The number of rotatable bonds is 8. The number of urea groups is 1. The van der Waals surface area contributed by atoms with E-state index in [2.05, 4.69) is 15.6 Å². The Balaban J connectivity index is 1.30. The van der Waals surface area contributed by atoms with Crippen LogP contribution in [0.1, 0.15) is 29.8 Å². The van der Waals surface area contributed by atoms with Crippen molar-refractivity contribution in [2.75, 3.05) is 31.6 Å². The zero-order valence-corrected chi connectivity index (χ0v) is 23.3. The van der Waals surface area contributed by atoms with Gasteiger partial charge in [0.2, 0.25) is 5.91 Å². The van der Waals surface area contributed by atoms with Crippen LogP contribution in [0.3, 0.4) is 0 Å². The van der Waals surface area contributed by atoms with Crippen LogP contribution in [0.4, 0.5) is 10.5 Å². The lowest BCUT2D eigenvalue weighted by Gasteiger charge is -2.41. The summed E-state index contributed by atoms with van der Waals surface area (Å²) in [6.07, 6.45) is 2.20. The van der Waals surface area contributed by atoms with Crippen LogP contribution in [-0.2, 0) is 11.2 Å². The van der Waals surface area contributed by atoms with E-state index in [4.69, 9.17) is 4.74 Å². The molecule has 1 aliphatic heterocycles. The number of nitrogens with one attached hydrogen (secondary N) is 3. The molecule has 1 saturated heterocycles. The normalized spacial score (nSPS) is 15.8. The van der Waals surface area contributed by atoms with Gasteiger partial charge in [-0.2, -0.15) is 0 Å². The zero-order chi connectivity index (χ0) is 28.8. The summed E-state index contributed by atoms with van der Waals surface area (Å²) in [5.41, 5.74) is 3.12. The fourth-order valence-electron chi connectivity index (χ4n) is 5.27. The van der Waals surface area contributed by atoms with Gasteiger partial charge in [-0.25, -0.2) is 4.79 Å². The quantitative estimate of drug-likeness (QED) is 0.295. The number of fused-ring (bicyclic) bond motifs is 1. The van der Waals surface area contributed by atoms with Crippen molar-refractivity contribution in [3.63, 3.8) is 0 Å². The number of amides is 4. The third-order valence-electron chi connectivity index (χ3n) is 7.35. The second kappa shape index (κ2) is 12.6. The number of aromatic nitrogens is 1. The van der Waals surface area contributed by atoms with Gasteiger partial charge in [-0.05, 0) is 61.9 Å². The number of para-hydroxylation sites is 1. The smallest absolute Gasteiger partial charge is 0.319 e. The van der Waals surface area contributed by atoms with E-state index in [1.165, 1.54) is 0 Å². The summed E-state index contributed by atoms with van der Waals surface area (Å²) in [5, 5.41) is 6.75. The van der Waals surface area contributed by atoms with Gasteiger partial charge in [0.05, 0.1) is 6.61 Å². The Bertz CT molecular complexity index is 1500. The monoisotopic (exact) mass is 553 g/mol. The number of hydrogen-bond acceptors (Lipinski definition) is 4. The molecule has 0 saturated carbocycles. The van der Waals surface area contributed by atoms with E-state index in [0.29, 0.717) is 49.7 Å². The number of piperazine rings is 1. The molecule has 5 rings (SSSR count). The number of hydrogen-bond donors (Lipinski definition) is 3. The van der Waals surface area contributed by atoms with Crippen LogP contribution in [0, 0.1) is 0 Å². The van der Waals surface area contributed by atoms with Gasteiger partial charge in [0.1, 0.15) is 11.8 Å². The molecule has 9 heteroatoms. The third-order valence-corrected chi connectivity index (χ3v) is 7.35. The maximum absolute atomic E-state index is 13.9. The number of carbonyl (C=O) groups excluding carboxylic acids is 3. The molecule has 0 bridgehead atoms. The molecule has 1 aliphatic rings. The van der Waals surface area contributed by atoms with Crippen molar-refractivity contribution < 1.29 is 19.1 Å². The van der Waals surface area contributed by atoms with Gasteiger partial charge in [0, 0.05) is 60.4 Å². The van der Waals surface area contributed by atoms with Crippen LogP contribution in [-0.4, -0.2) is 71.0 Å². The molecule has 4 amide bonds. The molecule has 3 N–H and O–H groups in total. The first kappa shape index (κ1) is 27.8. The topological polar surface area (TPSA) is 107 Å². The van der Waals surface area contributed by atoms with E-state index in [0.717, 1.165) is 16.5 Å². The average Bonchev–Trinajstić information content (AvgIpc) is 3.40. The van der Waals surface area contributed by atoms with Crippen molar-refractivity contribution in [1.82, 2.24) is 20.1 Å². The molecule has 2 unspecified atom stereocenters. The van der Waals surface area contributed by atoms with E-state index >= 15 is 0 Å². The van der Waals surface area contributed by atoms with E-state index in [9.17, 15) is 14.4 Å². The molecule has 9 nitrogen and oxygen atoms in total. The fourth-order valence-corrected chi connectivity index (χ4v) is 5.27. The highest BCUT2D eigenvalue weighted by molar-refractivity contribution is 5.96. The lowest BCUT2D eigenvalue weighted by Crippen LogP contribution is -2.59. The van der Waals surface area contributed by atoms with Crippen molar-refractivity contribution in [1.29, 1.82) is 0 Å². The SMILES string of the molecule is CCOc1ccc(NC(=O)NC(Cc2c[nH]c3ccccc23)C(=O)N2CCN(C(=O)c3ccccc3)C(C)C2)cc1. The van der Waals surface area contributed by atoms with Gasteiger partial charge in [0.15, 0.2) is 0 Å². The lowest BCUT2D eigenvalue weighted by atomic mass is 10.0. The molecule has 3 aromatic carbocycles. The van der Waals surface area contributed by atoms with Crippen LogP contribution >= 0.6 is 0 Å². The van der Waals surface area contributed by atoms with E-state index in [-0.39, 0.29) is 17.9 Å². The Kier molecular flexibility index (Phi) is 8.53. The second-order valence-electron chi connectivity index (χ2n) is 10.2. The first-order chi connectivity index (χ1) is 19.9. The molecule has 1 fully saturated rings. The third kappa shape index (κ3) is 6.51. The number of H-pyrrole nitrogens is 1. The Morgan fingerprint density at radius 1 is 0.976 bits per heavy atom. The predicted octanol–water partition coefficient (Wildman–Crippen LogP) is 4.67. The number of carbonyl (C=O) groups is 3. The molecule has 1 aromatic heterocycles. The number of aromatic amines is 1. The molecule has 4 aromatic rings. The molecule has 0 radical (unpaired) electrons. The van der Waals surface area contributed by atoms with Crippen molar-refractivity contribution >= 4 is 34.4 Å². The largest absolute Gasteiger partial charge is 0.494 e. The number of anilines is 1. The second-order valence-corrected chi connectivity index (χ2v) is 10.2. The van der Waals surface area contributed by atoms with Gasteiger partial charge in [-0.3, -0.25) is 9.59 Å². The highest BCUT2D eigenvalue weighted by atomic mass is 16.5. The first-order valence-corrected chi connectivity index (χ1v) is 13.9. The average molecular weight is 554 g/mol. The van der Waals surface area contributed by atoms with Crippen molar-refractivity contribution in [2.45, 2.75) is 32.4 Å². The summed E-state index contributed by atoms with van der Waals surface area (Å²) >= 11 is 0. The van der Waals surface area contributed by atoms with Gasteiger partial charge >= 0.3 is 6.03 Å². The van der Waals surface area contributed by atoms with Crippen LogP contribution < -0.4 is 15.4 Å². The van der Waals surface area contributed by atoms with Crippen LogP contribution in [0.5, 0.6) is 5.75 Å². The molecule has 212 valence electrons. The molecule has 0 aliphatic carbocycles. The fraction of sp³-hybridized carbons (Fsp3) is 0.281. The first-order valence-electron chi connectivity index (χ1n) is 13.9. The highest BCUT2D eigenvalue weighted by Crippen LogP contribution is 2.21. The molecule has 2 heterocycles. The zero-order valence-electron chi connectivity index (χ0n) is 23.3. The summed E-state index contributed by atoms with van der Waals surface area (Å²) < 4.78 is 5.47. The number of ether oxygens (including phenoxy) is 1. The van der Waals surface area contributed by atoms with Crippen molar-refractivity contribution in [3.05, 3.63) is 96.2 Å². The lowest BCUT2D eigenvalue weighted by molar-refractivity contribution is -0.135. The van der Waals surface area contributed by atoms with Crippen molar-refractivity contribution in [2.24, 2.45) is 0 Å². The summed E-state index contributed by atoms with van der Waals surface area (Å²) in [6.45, 7) is 5.59. The maximum Gasteiger partial charge on any atom is 0.319 e. The summed E-state index contributed by atoms with van der Waals surface area (Å²) in [4.78, 5) is 46.9. The minimum absolute atomic E-state index is 0.0478. The predicted molar refractivity (Wildman–Crippen MR) is 159 cm³/mol. The molecular weight excluding hydrogens is 518 g/mol. The standard InChI is InChI=1S/C32H35N5O4/c1-3-41-26-15-13-25(14-16-26)34-32(40)35-29(19-24-20-33-28-12-8-7-11-27(24)28)31(39)36-17-18-37(22(2)21-36)30(38)23-9-5-4-6-10-23/h4-16,20,22,29,33H,3,17-19,21H2,1-2H3,(H2,34,35,40). The van der Waals surface area contributed by atoms with Crippen molar-refractivity contribution in [3.8, 4) is 5.75 Å². The minimum Gasteiger partial charge on any atom is -0.494 e. The Morgan fingerprint density at radius 2 is 1.71 bits per heavy atom. The van der Waals surface area contributed by atoms with E-state index in [1.54, 1.807) is 46.2 Å². The Labute approximate surface area is 239 Å². The molecule has 41 heavy (non-hydrogen) atoms. The van der Waals surface area contributed by atoms with Crippen LogP contribution in [0.2, 0.25) is 0 Å². The highest BCUT2D eigenvalue weighted by Gasteiger charge is 2.34. The minimum atomic E-state index is -0.805. The molecular formula is C32H35N5O4. The molecule has 0 spiro atoms. The van der Waals surface area contributed by atoms with Crippen LogP contribution in [0.25, 0.3) is 10.9 Å². The van der Waals surface area contributed by atoms with Gasteiger partial charge in [0.25, 0.3) is 5.91 Å². The van der Waals surface area contributed by atoms with Gasteiger partial charge < -0.3 is 30.2 Å². The number of nitrogens with zero attached hydrogens (tertiary/aromatic N) is 2. The summed E-state index contributed by atoms with van der Waals surface area (Å²) in [5.74, 6) is 0.481. The number of benzene rings is 3. The van der Waals surface area contributed by atoms with E-state index < -0.39 is 12.1 Å². The Morgan fingerprint density at radius 3 is 2.44 bits per heavy atom. The summed E-state index contributed by atoms with van der Waals surface area (Å²) in [6, 6.07) is 22.7. The Hall–Kier alpha value is -4.79. The van der Waals surface area contributed by atoms with E-state index in [1.807, 2.05) is 62.5 Å². The summed E-state index contributed by atoms with van der Waals surface area (Å²) in [7, 11) is 0. The maximum atomic E-state index is 13.9. The van der Waals surface area contributed by atoms with Crippen LogP contribution in [0.15, 0.2) is 85.1 Å². The van der Waals surface area contributed by atoms with Gasteiger partial charge in [-0.15, -0.1) is 0 Å².